The number of nitrogens with zero attached hydrogens (tertiary/aromatic N) is 3. The zero-order valence-corrected chi connectivity index (χ0v) is 34.0. The largest absolute Gasteiger partial charge is 0.457 e. The van der Waals surface area contributed by atoms with Crippen molar-refractivity contribution in [2.75, 3.05) is 0 Å². The maximum absolute atomic E-state index is 7.15. The molecule has 63 heavy (non-hydrogen) atoms. The molecule has 0 saturated carbocycles. The molecule has 5 heterocycles. The lowest BCUT2D eigenvalue weighted by molar-refractivity contribution is 0.434. The molecule has 10 aromatic carbocycles. The van der Waals surface area contributed by atoms with Gasteiger partial charge in [-0.15, -0.1) is 0 Å². The average molecular weight is 802 g/mol. The Bertz CT molecular complexity index is 4140. The Hall–Kier alpha value is -8.34. The first kappa shape index (κ1) is 33.4. The Morgan fingerprint density at radius 1 is 0.302 bits per heavy atom. The molecule has 2 aliphatic heterocycles. The molecule has 0 aliphatic carbocycles. The van der Waals surface area contributed by atoms with Crippen molar-refractivity contribution >= 4 is 76.2 Å². The lowest BCUT2D eigenvalue weighted by Gasteiger charge is -2.45. The van der Waals surface area contributed by atoms with E-state index in [9.17, 15) is 0 Å². The van der Waals surface area contributed by atoms with Gasteiger partial charge in [0.05, 0.1) is 44.2 Å². The van der Waals surface area contributed by atoms with E-state index in [-0.39, 0.29) is 0 Å². The van der Waals surface area contributed by atoms with Crippen molar-refractivity contribution < 1.29 is 4.74 Å². The van der Waals surface area contributed by atoms with Gasteiger partial charge in [-0.25, -0.2) is 0 Å². The van der Waals surface area contributed by atoms with Crippen molar-refractivity contribution in [3.05, 3.63) is 235 Å². The van der Waals surface area contributed by atoms with E-state index >= 15 is 0 Å². The highest BCUT2D eigenvalue weighted by Gasteiger charge is 2.50. The molecule has 13 aromatic rings. The molecule has 4 nitrogen and oxygen atoms in total. The summed E-state index contributed by atoms with van der Waals surface area (Å²) in [5, 5.41) is 9.84. The predicted molar refractivity (Wildman–Crippen MR) is 259 cm³/mol. The van der Waals surface area contributed by atoms with Crippen molar-refractivity contribution in [2.45, 2.75) is 5.41 Å². The Labute approximate surface area is 361 Å². The molecule has 4 heteroatoms. The van der Waals surface area contributed by atoms with Crippen molar-refractivity contribution in [2.24, 2.45) is 0 Å². The molecule has 2 aliphatic rings. The van der Waals surface area contributed by atoms with Crippen molar-refractivity contribution in [1.82, 2.24) is 13.7 Å². The van der Waals surface area contributed by atoms with Crippen molar-refractivity contribution in [3.63, 3.8) is 0 Å². The summed E-state index contributed by atoms with van der Waals surface area (Å²) >= 11 is 0. The molecule has 0 bridgehead atoms. The van der Waals surface area contributed by atoms with Crippen LogP contribution < -0.4 is 4.74 Å². The third kappa shape index (κ3) is 4.15. The van der Waals surface area contributed by atoms with Gasteiger partial charge in [0.2, 0.25) is 0 Å². The smallest absolute Gasteiger partial charge is 0.134 e. The minimum Gasteiger partial charge on any atom is -0.457 e. The number of aromatic nitrogens is 3. The molecule has 0 amide bonds. The topological polar surface area (TPSA) is 24.0 Å². The quantitative estimate of drug-likeness (QED) is 0.171. The van der Waals surface area contributed by atoms with E-state index in [1.807, 2.05) is 0 Å². The summed E-state index contributed by atoms with van der Waals surface area (Å²) in [6.07, 6.45) is 0. The molecule has 0 radical (unpaired) electrons. The maximum Gasteiger partial charge on any atom is 0.134 e. The Morgan fingerprint density at radius 2 is 0.857 bits per heavy atom. The van der Waals surface area contributed by atoms with Gasteiger partial charge in [0.25, 0.3) is 0 Å². The van der Waals surface area contributed by atoms with E-state index < -0.39 is 5.41 Å². The second-order valence-electron chi connectivity index (χ2n) is 17.2. The first-order valence-corrected chi connectivity index (χ1v) is 21.8. The van der Waals surface area contributed by atoms with Gasteiger partial charge < -0.3 is 18.4 Å². The van der Waals surface area contributed by atoms with Gasteiger partial charge in [0.15, 0.2) is 0 Å². The van der Waals surface area contributed by atoms with Crippen molar-refractivity contribution in [3.8, 4) is 28.6 Å². The van der Waals surface area contributed by atoms with E-state index in [1.165, 1.54) is 82.0 Å². The summed E-state index contributed by atoms with van der Waals surface area (Å²) in [5.74, 6) is 1.75. The monoisotopic (exact) mass is 801 g/mol. The Kier molecular flexibility index (Phi) is 6.32. The summed E-state index contributed by atoms with van der Waals surface area (Å²) in [7, 11) is 0. The molecule has 0 N–H and O–H groups in total. The minimum absolute atomic E-state index is 0.647. The maximum atomic E-state index is 7.15. The van der Waals surface area contributed by atoms with Gasteiger partial charge in [-0.3, -0.25) is 0 Å². The fourth-order valence-corrected chi connectivity index (χ4v) is 11.8. The normalized spacial score (nSPS) is 15.2. The Morgan fingerprint density at radius 3 is 1.67 bits per heavy atom. The highest BCUT2D eigenvalue weighted by atomic mass is 16.5. The van der Waals surface area contributed by atoms with Crippen LogP contribution in [-0.2, 0) is 5.41 Å². The zero-order valence-electron chi connectivity index (χ0n) is 34.0. The van der Waals surface area contributed by atoms with E-state index in [2.05, 4.69) is 226 Å². The molecule has 0 fully saturated rings. The fraction of sp³-hybridized carbons (Fsp3) is 0.0169. The first-order chi connectivity index (χ1) is 31.3. The lowest BCUT2D eigenvalue weighted by Crippen LogP contribution is -2.37. The molecular weight excluding hydrogens is 767 g/mol. The fourth-order valence-electron chi connectivity index (χ4n) is 11.8. The number of fused-ring (bicyclic) bond motifs is 18. The summed E-state index contributed by atoms with van der Waals surface area (Å²) in [4.78, 5) is 0. The molecule has 0 saturated heterocycles. The van der Waals surface area contributed by atoms with Gasteiger partial charge >= 0.3 is 0 Å². The highest BCUT2D eigenvalue weighted by Crippen LogP contribution is 2.61. The predicted octanol–water partition coefficient (Wildman–Crippen LogP) is 14.9. The van der Waals surface area contributed by atoms with Crippen molar-refractivity contribution in [1.29, 1.82) is 0 Å². The van der Waals surface area contributed by atoms with Crippen LogP contribution in [0.4, 0.5) is 0 Å². The number of para-hydroxylation sites is 6. The van der Waals surface area contributed by atoms with Crippen LogP contribution in [-0.4, -0.2) is 13.7 Å². The van der Waals surface area contributed by atoms with Crippen LogP contribution in [0.5, 0.6) is 11.5 Å². The van der Waals surface area contributed by atoms with E-state index in [1.54, 1.807) is 0 Å². The van der Waals surface area contributed by atoms with Crippen LogP contribution in [0.25, 0.3) is 93.3 Å². The standard InChI is InChI=1S/C59H35N3O/c1-2-15-37-32-38(29-28-36(37)14-1)60-50-23-8-4-17-41(50)44-33-39(30-31-53(44)60)61-51-24-9-5-18-42(51)45-34-49-57(35-55(45)61)63-56-27-12-7-21-47(56)59(49)46-20-6-11-26-54(46)62-52-25-10-3-16-40(52)43-19-13-22-48(59)58(43)62/h1-35H. The number of rotatable bonds is 2. The molecule has 1 spiro atoms. The summed E-state index contributed by atoms with van der Waals surface area (Å²) in [6, 6.07) is 78.2. The third-order valence-corrected chi connectivity index (χ3v) is 14.2. The van der Waals surface area contributed by atoms with Crippen LogP contribution in [0, 0.1) is 0 Å². The van der Waals surface area contributed by atoms with E-state index in [4.69, 9.17) is 4.74 Å². The van der Waals surface area contributed by atoms with Crippen LogP contribution in [0.15, 0.2) is 212 Å². The number of ether oxygens (including phenoxy) is 1. The number of benzene rings is 10. The minimum atomic E-state index is -0.647. The SMILES string of the molecule is c1ccc2c(c1)Oc1cc3c(cc1C21c2ccccc2-n2c4ccccc4c4cccc1c42)c1ccccc1n3-c1ccc2c(c1)c1ccccc1n2-c1ccc2ccccc2c1. The van der Waals surface area contributed by atoms with Gasteiger partial charge in [-0.1, -0.05) is 140 Å². The van der Waals surface area contributed by atoms with Gasteiger partial charge in [-0.05, 0) is 88.6 Å². The molecular formula is C59H35N3O. The van der Waals surface area contributed by atoms with Gasteiger partial charge in [0.1, 0.15) is 11.5 Å². The third-order valence-electron chi connectivity index (χ3n) is 14.2. The first-order valence-electron chi connectivity index (χ1n) is 21.8. The molecule has 1 unspecified atom stereocenters. The second-order valence-corrected chi connectivity index (χ2v) is 17.2. The summed E-state index contributed by atoms with van der Waals surface area (Å²) < 4.78 is 14.5. The van der Waals surface area contributed by atoms with E-state index in [0.717, 1.165) is 45.0 Å². The molecule has 3 aromatic heterocycles. The van der Waals surface area contributed by atoms with Crippen LogP contribution in [0.3, 0.4) is 0 Å². The molecule has 1 atom stereocenters. The number of hydrogen-bond donors (Lipinski definition) is 0. The second kappa shape index (κ2) is 11.9. The highest BCUT2D eigenvalue weighted by molar-refractivity contribution is 6.15. The molecule has 292 valence electrons. The summed E-state index contributed by atoms with van der Waals surface area (Å²) in [5.41, 5.74) is 14.8. The Balaban J connectivity index is 1.02. The summed E-state index contributed by atoms with van der Waals surface area (Å²) in [6.45, 7) is 0. The van der Waals surface area contributed by atoms with Crippen LogP contribution in [0.2, 0.25) is 0 Å². The van der Waals surface area contributed by atoms with Crippen LogP contribution in [0.1, 0.15) is 22.3 Å². The number of hydrogen-bond acceptors (Lipinski definition) is 1. The lowest BCUT2D eigenvalue weighted by atomic mass is 9.61. The molecule has 15 rings (SSSR count). The van der Waals surface area contributed by atoms with Crippen LogP contribution >= 0.6 is 0 Å². The van der Waals surface area contributed by atoms with Gasteiger partial charge in [0, 0.05) is 60.9 Å². The van der Waals surface area contributed by atoms with E-state index in [0.29, 0.717) is 0 Å². The van der Waals surface area contributed by atoms with Gasteiger partial charge in [-0.2, -0.15) is 0 Å². The average Bonchev–Trinajstić information content (AvgIpc) is 3.98. The zero-order chi connectivity index (χ0) is 41.0.